The fraction of sp³-hybridized carbons (Fsp3) is 0.300. The van der Waals surface area contributed by atoms with Crippen LogP contribution in [-0.4, -0.2) is 20.2 Å². The van der Waals surface area contributed by atoms with Crippen molar-refractivity contribution in [3.63, 3.8) is 0 Å². The molecule has 16 heavy (non-hydrogen) atoms. The summed E-state index contributed by atoms with van der Waals surface area (Å²) in [5.74, 6) is 1.36. The fourth-order valence-corrected chi connectivity index (χ4v) is 1.86. The number of tetrazole rings is 1. The van der Waals surface area contributed by atoms with Crippen LogP contribution in [0.3, 0.4) is 0 Å². The van der Waals surface area contributed by atoms with E-state index in [1.54, 1.807) is 16.8 Å². The van der Waals surface area contributed by atoms with Gasteiger partial charge in [-0.25, -0.2) is 0 Å². The highest BCUT2D eigenvalue weighted by Crippen LogP contribution is 2.39. The van der Waals surface area contributed by atoms with Crippen LogP contribution in [0.4, 0.5) is 5.69 Å². The number of nitrogens with two attached hydrogens (primary N) is 1. The van der Waals surface area contributed by atoms with Crippen LogP contribution in [-0.2, 0) is 0 Å². The average molecular weight is 236 g/mol. The molecule has 0 radical (unpaired) electrons. The molecule has 0 amide bonds. The third kappa shape index (κ3) is 1.53. The molecule has 2 N–H and O–H groups in total. The van der Waals surface area contributed by atoms with Gasteiger partial charge in [-0.3, -0.25) is 0 Å². The van der Waals surface area contributed by atoms with E-state index in [1.165, 1.54) is 0 Å². The second kappa shape index (κ2) is 3.45. The van der Waals surface area contributed by atoms with Crippen LogP contribution in [0, 0.1) is 0 Å². The summed E-state index contributed by atoms with van der Waals surface area (Å²) in [5, 5.41) is 12.3. The van der Waals surface area contributed by atoms with Crippen LogP contribution in [0.15, 0.2) is 18.2 Å². The first-order valence-corrected chi connectivity index (χ1v) is 5.47. The summed E-state index contributed by atoms with van der Waals surface area (Å²) in [4.78, 5) is 0. The number of halogens is 1. The zero-order chi connectivity index (χ0) is 11.1. The van der Waals surface area contributed by atoms with E-state index in [1.807, 2.05) is 6.07 Å². The van der Waals surface area contributed by atoms with E-state index in [0.717, 1.165) is 24.4 Å². The van der Waals surface area contributed by atoms with Gasteiger partial charge in [0.05, 0.1) is 11.4 Å². The van der Waals surface area contributed by atoms with Crippen LogP contribution in [0.2, 0.25) is 5.02 Å². The maximum Gasteiger partial charge on any atom is 0.159 e. The molecule has 1 aromatic carbocycles. The summed E-state index contributed by atoms with van der Waals surface area (Å²) in [7, 11) is 0. The monoisotopic (exact) mass is 235 g/mol. The molecule has 82 valence electrons. The van der Waals surface area contributed by atoms with E-state index in [9.17, 15) is 0 Å². The van der Waals surface area contributed by atoms with Crippen molar-refractivity contribution < 1.29 is 0 Å². The van der Waals surface area contributed by atoms with Gasteiger partial charge >= 0.3 is 0 Å². The Balaban J connectivity index is 2.10. The molecular formula is C10H10ClN5. The van der Waals surface area contributed by atoms with E-state index < -0.39 is 0 Å². The molecule has 0 atom stereocenters. The Labute approximate surface area is 97.2 Å². The quantitative estimate of drug-likeness (QED) is 0.806. The van der Waals surface area contributed by atoms with Gasteiger partial charge in [-0.1, -0.05) is 11.6 Å². The topological polar surface area (TPSA) is 69.6 Å². The molecule has 1 aliphatic carbocycles. The smallest absolute Gasteiger partial charge is 0.159 e. The minimum Gasteiger partial charge on any atom is -0.397 e. The van der Waals surface area contributed by atoms with Crippen molar-refractivity contribution >= 4 is 17.3 Å². The number of nitrogen functional groups attached to an aromatic ring is 1. The molecule has 1 aromatic heterocycles. The van der Waals surface area contributed by atoms with Crippen molar-refractivity contribution in [1.82, 2.24) is 20.2 Å². The van der Waals surface area contributed by atoms with Crippen molar-refractivity contribution in [2.75, 3.05) is 5.73 Å². The maximum atomic E-state index is 5.90. The standard InChI is InChI=1S/C10H10ClN5/c11-7-3-4-9(8(12)5-7)16-10(6-1-2-6)13-14-15-16/h3-6H,1-2,12H2. The number of rotatable bonds is 2. The Morgan fingerprint density at radius 2 is 2.19 bits per heavy atom. The lowest BCUT2D eigenvalue weighted by atomic mass is 10.2. The van der Waals surface area contributed by atoms with E-state index in [0.29, 0.717) is 16.6 Å². The molecule has 6 heteroatoms. The molecule has 1 aliphatic rings. The van der Waals surface area contributed by atoms with Crippen molar-refractivity contribution in [1.29, 1.82) is 0 Å². The van der Waals surface area contributed by atoms with Gasteiger partial charge in [0.25, 0.3) is 0 Å². The highest BCUT2D eigenvalue weighted by Gasteiger charge is 2.30. The van der Waals surface area contributed by atoms with Gasteiger partial charge in [-0.15, -0.1) is 5.10 Å². The third-order valence-corrected chi connectivity index (χ3v) is 2.89. The van der Waals surface area contributed by atoms with Gasteiger partial charge in [0, 0.05) is 10.9 Å². The van der Waals surface area contributed by atoms with Crippen LogP contribution >= 0.6 is 11.6 Å². The van der Waals surface area contributed by atoms with Crippen molar-refractivity contribution in [2.24, 2.45) is 0 Å². The number of hydrogen-bond acceptors (Lipinski definition) is 4. The van der Waals surface area contributed by atoms with Crippen molar-refractivity contribution in [3.05, 3.63) is 29.0 Å². The van der Waals surface area contributed by atoms with Crippen LogP contribution in [0.5, 0.6) is 0 Å². The number of hydrogen-bond donors (Lipinski definition) is 1. The summed E-state index contributed by atoms with van der Waals surface area (Å²) in [6.07, 6.45) is 2.29. The Hall–Kier alpha value is -1.62. The number of nitrogens with zero attached hydrogens (tertiary/aromatic N) is 4. The van der Waals surface area contributed by atoms with Crippen molar-refractivity contribution in [3.8, 4) is 5.69 Å². The zero-order valence-corrected chi connectivity index (χ0v) is 9.22. The first-order chi connectivity index (χ1) is 7.75. The van der Waals surface area contributed by atoms with Gasteiger partial charge in [0.15, 0.2) is 5.82 Å². The first kappa shape index (κ1) is 9.59. The van der Waals surface area contributed by atoms with Gasteiger partial charge in [-0.05, 0) is 41.5 Å². The largest absolute Gasteiger partial charge is 0.397 e. The molecule has 0 unspecified atom stereocenters. The average Bonchev–Trinajstić information content (AvgIpc) is 2.98. The molecule has 1 saturated carbocycles. The molecule has 0 saturated heterocycles. The Morgan fingerprint density at radius 1 is 1.38 bits per heavy atom. The normalized spacial score (nSPS) is 15.3. The van der Waals surface area contributed by atoms with E-state index in [2.05, 4.69) is 15.5 Å². The predicted octanol–water partition coefficient (Wildman–Crippen LogP) is 1.78. The highest BCUT2D eigenvalue weighted by molar-refractivity contribution is 6.30. The highest BCUT2D eigenvalue weighted by atomic mass is 35.5. The molecule has 0 bridgehead atoms. The lowest BCUT2D eigenvalue weighted by Crippen LogP contribution is -2.05. The summed E-state index contributed by atoms with van der Waals surface area (Å²) >= 11 is 5.85. The molecule has 3 rings (SSSR count). The third-order valence-electron chi connectivity index (χ3n) is 2.65. The van der Waals surface area contributed by atoms with Gasteiger partial charge in [-0.2, -0.15) is 4.68 Å². The van der Waals surface area contributed by atoms with E-state index >= 15 is 0 Å². The predicted molar refractivity (Wildman–Crippen MR) is 60.6 cm³/mol. The fourth-order valence-electron chi connectivity index (χ4n) is 1.68. The lowest BCUT2D eigenvalue weighted by Gasteiger charge is -2.06. The summed E-state index contributed by atoms with van der Waals surface area (Å²) < 4.78 is 1.70. The molecule has 1 fully saturated rings. The van der Waals surface area contributed by atoms with E-state index in [-0.39, 0.29) is 0 Å². The van der Waals surface area contributed by atoms with Gasteiger partial charge < -0.3 is 5.73 Å². The Morgan fingerprint density at radius 3 is 2.88 bits per heavy atom. The maximum absolute atomic E-state index is 5.90. The zero-order valence-electron chi connectivity index (χ0n) is 8.47. The van der Waals surface area contributed by atoms with Crippen LogP contribution < -0.4 is 5.73 Å². The first-order valence-electron chi connectivity index (χ1n) is 5.09. The number of anilines is 1. The van der Waals surface area contributed by atoms with Gasteiger partial charge in [0.1, 0.15) is 0 Å². The van der Waals surface area contributed by atoms with Crippen LogP contribution in [0.25, 0.3) is 5.69 Å². The SMILES string of the molecule is Nc1cc(Cl)ccc1-n1nnnc1C1CC1. The molecule has 0 spiro atoms. The summed E-state index contributed by atoms with van der Waals surface area (Å²) in [5.41, 5.74) is 7.27. The number of benzene rings is 1. The second-order valence-electron chi connectivity index (χ2n) is 3.93. The summed E-state index contributed by atoms with van der Waals surface area (Å²) in [6.45, 7) is 0. The second-order valence-corrected chi connectivity index (χ2v) is 4.36. The van der Waals surface area contributed by atoms with Crippen LogP contribution in [0.1, 0.15) is 24.6 Å². The minimum absolute atomic E-state index is 0.477. The Kier molecular flexibility index (Phi) is 2.07. The molecule has 0 aliphatic heterocycles. The van der Waals surface area contributed by atoms with Crippen molar-refractivity contribution in [2.45, 2.75) is 18.8 Å². The minimum atomic E-state index is 0.477. The molecule has 1 heterocycles. The number of aromatic nitrogens is 4. The lowest BCUT2D eigenvalue weighted by molar-refractivity contribution is 0.765. The molecule has 5 nitrogen and oxygen atoms in total. The molecular weight excluding hydrogens is 226 g/mol. The van der Waals surface area contributed by atoms with E-state index in [4.69, 9.17) is 17.3 Å². The van der Waals surface area contributed by atoms with Gasteiger partial charge in [0.2, 0.25) is 0 Å². The molecule has 2 aromatic rings. The Bertz CT molecular complexity index is 532. The summed E-state index contributed by atoms with van der Waals surface area (Å²) in [6, 6.07) is 5.32.